The SMILES string of the molecule is CCc1cccc(CC)c1NC(=O)COC(=O)CC12CC3CC(CC(C3)C1)C2. The molecular weight excluding hydrogens is 350 g/mol. The van der Waals surface area contributed by atoms with E-state index in [9.17, 15) is 9.59 Å². The zero-order valence-corrected chi connectivity index (χ0v) is 17.3. The first-order valence-corrected chi connectivity index (χ1v) is 11.1. The Bertz CT molecular complexity index is 697. The first-order valence-electron chi connectivity index (χ1n) is 11.1. The maximum absolute atomic E-state index is 12.5. The summed E-state index contributed by atoms with van der Waals surface area (Å²) in [5.74, 6) is 2.02. The van der Waals surface area contributed by atoms with Crippen molar-refractivity contribution in [3.8, 4) is 0 Å². The number of anilines is 1. The van der Waals surface area contributed by atoms with Gasteiger partial charge in [-0.15, -0.1) is 0 Å². The summed E-state index contributed by atoms with van der Waals surface area (Å²) in [5.41, 5.74) is 3.28. The van der Waals surface area contributed by atoms with E-state index in [1.165, 1.54) is 38.5 Å². The summed E-state index contributed by atoms with van der Waals surface area (Å²) in [4.78, 5) is 25.0. The van der Waals surface area contributed by atoms with Gasteiger partial charge in [0, 0.05) is 5.69 Å². The molecule has 4 fully saturated rings. The number of benzene rings is 1. The monoisotopic (exact) mass is 383 g/mol. The number of carbonyl (C=O) groups is 2. The Morgan fingerprint density at radius 1 is 1.00 bits per heavy atom. The maximum atomic E-state index is 12.5. The van der Waals surface area contributed by atoms with Gasteiger partial charge < -0.3 is 10.1 Å². The molecule has 0 heterocycles. The van der Waals surface area contributed by atoms with Crippen LogP contribution in [0.3, 0.4) is 0 Å². The zero-order valence-electron chi connectivity index (χ0n) is 17.3. The average molecular weight is 384 g/mol. The Kier molecular flexibility index (Phi) is 5.48. The number of esters is 1. The van der Waals surface area contributed by atoms with Gasteiger partial charge in [0.25, 0.3) is 5.91 Å². The molecule has 4 aliphatic carbocycles. The number of ether oxygens (including phenoxy) is 1. The third-order valence-electron chi connectivity index (χ3n) is 7.31. The van der Waals surface area contributed by atoms with Crippen molar-refractivity contribution in [2.45, 2.75) is 71.6 Å². The molecule has 0 aliphatic heterocycles. The van der Waals surface area contributed by atoms with Crippen LogP contribution in [-0.2, 0) is 27.2 Å². The molecule has 0 atom stereocenters. The highest BCUT2D eigenvalue weighted by Gasteiger charge is 2.51. The van der Waals surface area contributed by atoms with E-state index in [-0.39, 0.29) is 23.9 Å². The first kappa shape index (κ1) is 19.5. The normalized spacial score (nSPS) is 30.3. The number of hydrogen-bond donors (Lipinski definition) is 1. The molecule has 1 aromatic rings. The molecule has 0 aromatic heterocycles. The minimum Gasteiger partial charge on any atom is -0.456 e. The van der Waals surface area contributed by atoms with Crippen LogP contribution in [-0.4, -0.2) is 18.5 Å². The summed E-state index contributed by atoms with van der Waals surface area (Å²) in [6, 6.07) is 6.10. The molecule has 28 heavy (non-hydrogen) atoms. The maximum Gasteiger partial charge on any atom is 0.306 e. The Morgan fingerprint density at radius 3 is 2.04 bits per heavy atom. The summed E-state index contributed by atoms with van der Waals surface area (Å²) in [6.45, 7) is 3.97. The Hall–Kier alpha value is -1.84. The van der Waals surface area contributed by atoms with Crippen LogP contribution in [0.4, 0.5) is 5.69 Å². The molecule has 4 nitrogen and oxygen atoms in total. The highest BCUT2D eigenvalue weighted by molar-refractivity contribution is 5.94. The largest absolute Gasteiger partial charge is 0.456 e. The molecule has 1 N–H and O–H groups in total. The fraction of sp³-hybridized carbons (Fsp3) is 0.667. The van der Waals surface area contributed by atoms with Gasteiger partial charge in [-0.25, -0.2) is 0 Å². The number of para-hydroxylation sites is 1. The molecule has 152 valence electrons. The summed E-state index contributed by atoms with van der Waals surface area (Å²) in [7, 11) is 0. The molecule has 4 aliphatic rings. The molecule has 0 saturated heterocycles. The molecule has 0 unspecified atom stereocenters. The molecule has 5 rings (SSSR count). The van der Waals surface area contributed by atoms with E-state index < -0.39 is 0 Å². The highest BCUT2D eigenvalue weighted by Crippen LogP contribution is 2.61. The number of rotatable bonds is 7. The molecule has 4 heteroatoms. The third kappa shape index (κ3) is 3.97. The topological polar surface area (TPSA) is 55.4 Å². The van der Waals surface area contributed by atoms with Crippen LogP contribution in [0.1, 0.15) is 69.9 Å². The predicted molar refractivity (Wildman–Crippen MR) is 110 cm³/mol. The molecule has 0 spiro atoms. The van der Waals surface area contributed by atoms with Crippen LogP contribution in [0.25, 0.3) is 0 Å². The van der Waals surface area contributed by atoms with E-state index in [1.807, 2.05) is 18.2 Å². The van der Waals surface area contributed by atoms with E-state index >= 15 is 0 Å². The lowest BCUT2D eigenvalue weighted by atomic mass is 9.49. The van der Waals surface area contributed by atoms with Crippen LogP contribution in [0, 0.1) is 23.2 Å². The number of nitrogens with one attached hydrogen (secondary N) is 1. The summed E-state index contributed by atoms with van der Waals surface area (Å²) < 4.78 is 5.41. The lowest BCUT2D eigenvalue weighted by Crippen LogP contribution is -2.47. The van der Waals surface area contributed by atoms with E-state index in [2.05, 4.69) is 19.2 Å². The molecule has 4 bridgehead atoms. The van der Waals surface area contributed by atoms with Crippen molar-refractivity contribution in [2.24, 2.45) is 23.2 Å². The summed E-state index contributed by atoms with van der Waals surface area (Å²) in [5, 5.41) is 2.98. The van der Waals surface area contributed by atoms with Gasteiger partial charge in [0.1, 0.15) is 0 Å². The van der Waals surface area contributed by atoms with Crippen LogP contribution >= 0.6 is 0 Å². The van der Waals surface area contributed by atoms with E-state index in [0.29, 0.717) is 6.42 Å². The minimum absolute atomic E-state index is 0.159. The summed E-state index contributed by atoms with van der Waals surface area (Å²) >= 11 is 0. The minimum atomic E-state index is -0.241. The van der Waals surface area contributed by atoms with Crippen molar-refractivity contribution in [3.63, 3.8) is 0 Å². The van der Waals surface area contributed by atoms with Crippen molar-refractivity contribution < 1.29 is 14.3 Å². The van der Waals surface area contributed by atoms with Crippen molar-refractivity contribution in [1.82, 2.24) is 0 Å². The van der Waals surface area contributed by atoms with Crippen LogP contribution in [0.15, 0.2) is 18.2 Å². The lowest BCUT2D eigenvalue weighted by molar-refractivity contribution is -0.154. The number of aryl methyl sites for hydroxylation is 2. The van der Waals surface area contributed by atoms with Crippen molar-refractivity contribution in [1.29, 1.82) is 0 Å². The average Bonchev–Trinajstić information content (AvgIpc) is 2.65. The Morgan fingerprint density at radius 2 is 1.54 bits per heavy atom. The first-order chi connectivity index (χ1) is 13.5. The van der Waals surface area contributed by atoms with Crippen molar-refractivity contribution in [2.75, 3.05) is 11.9 Å². The van der Waals surface area contributed by atoms with Gasteiger partial charge in [-0.1, -0.05) is 32.0 Å². The second-order valence-corrected chi connectivity index (χ2v) is 9.46. The Labute approximate surface area is 168 Å². The van der Waals surface area contributed by atoms with Gasteiger partial charge in [0.15, 0.2) is 6.61 Å². The fourth-order valence-corrected chi connectivity index (χ4v) is 6.59. The number of hydrogen-bond acceptors (Lipinski definition) is 3. The van der Waals surface area contributed by atoms with Gasteiger partial charge in [0.2, 0.25) is 0 Å². The Balaban J connectivity index is 1.31. The van der Waals surface area contributed by atoms with Gasteiger partial charge in [-0.2, -0.15) is 0 Å². The van der Waals surface area contributed by atoms with E-state index in [1.54, 1.807) is 0 Å². The van der Waals surface area contributed by atoms with Crippen LogP contribution < -0.4 is 5.32 Å². The quantitative estimate of drug-likeness (QED) is 0.681. The highest BCUT2D eigenvalue weighted by atomic mass is 16.5. The van der Waals surface area contributed by atoms with Gasteiger partial charge >= 0.3 is 5.97 Å². The van der Waals surface area contributed by atoms with Crippen molar-refractivity contribution >= 4 is 17.6 Å². The van der Waals surface area contributed by atoms with Crippen molar-refractivity contribution in [3.05, 3.63) is 29.3 Å². The smallest absolute Gasteiger partial charge is 0.306 e. The predicted octanol–water partition coefficient (Wildman–Crippen LogP) is 4.90. The standard InChI is InChI=1S/C24H33NO3/c1-3-19-6-5-7-20(4-2)23(19)25-21(26)15-28-22(27)14-24-11-16-8-17(12-24)10-18(9-16)13-24/h5-7,16-18H,3-4,8-15H2,1-2H3,(H,25,26). The number of carbonyl (C=O) groups excluding carboxylic acids is 2. The molecular formula is C24H33NO3. The fourth-order valence-electron chi connectivity index (χ4n) is 6.59. The molecule has 1 aromatic carbocycles. The molecule has 4 saturated carbocycles. The number of amides is 1. The van der Waals surface area contributed by atoms with E-state index in [4.69, 9.17) is 4.74 Å². The summed E-state index contributed by atoms with van der Waals surface area (Å²) in [6.07, 6.45) is 9.87. The van der Waals surface area contributed by atoms with Crippen LogP contribution in [0.5, 0.6) is 0 Å². The zero-order chi connectivity index (χ0) is 19.7. The second-order valence-electron chi connectivity index (χ2n) is 9.46. The molecule has 1 amide bonds. The van der Waals surface area contributed by atoms with Gasteiger partial charge in [-0.3, -0.25) is 9.59 Å². The van der Waals surface area contributed by atoms with E-state index in [0.717, 1.165) is 47.4 Å². The second kappa shape index (κ2) is 7.88. The lowest BCUT2D eigenvalue weighted by Gasteiger charge is -2.56. The van der Waals surface area contributed by atoms with Crippen LogP contribution in [0.2, 0.25) is 0 Å². The van der Waals surface area contributed by atoms with Gasteiger partial charge in [-0.05, 0) is 85.7 Å². The molecule has 0 radical (unpaired) electrons. The third-order valence-corrected chi connectivity index (χ3v) is 7.31. The van der Waals surface area contributed by atoms with Gasteiger partial charge in [0.05, 0.1) is 6.42 Å².